The molecule has 3 rings (SSSR count). The molecule has 1 aromatic carbocycles. The van der Waals surface area contributed by atoms with Crippen molar-refractivity contribution in [1.82, 2.24) is 20.5 Å². The van der Waals surface area contributed by atoms with Crippen LogP contribution in [0.2, 0.25) is 0 Å². The van der Waals surface area contributed by atoms with Crippen LogP contribution in [0.15, 0.2) is 23.4 Å². The molecule has 0 spiro atoms. The number of hydrogen-bond acceptors (Lipinski definition) is 6. The fourth-order valence-electron chi connectivity index (χ4n) is 2.26. The highest BCUT2D eigenvalue weighted by atomic mass is 32.2. The molecule has 0 fully saturated rings. The lowest BCUT2D eigenvalue weighted by Gasteiger charge is -2.14. The number of aromatic nitrogens is 3. The Morgan fingerprint density at radius 1 is 1.33 bits per heavy atom. The van der Waals surface area contributed by atoms with Crippen molar-refractivity contribution in [3.63, 3.8) is 0 Å². The van der Waals surface area contributed by atoms with Gasteiger partial charge >= 0.3 is 0 Å². The topological polar surface area (TPSA) is 89.1 Å². The molecule has 2 N–H and O–H groups in total. The number of thioether (sulfide) groups is 1. The van der Waals surface area contributed by atoms with Gasteiger partial charge in [0, 0.05) is 5.92 Å². The first-order chi connectivity index (χ1) is 11.5. The summed E-state index contributed by atoms with van der Waals surface area (Å²) in [6.07, 6.45) is 0. The SMILES string of the molecule is CC(C)c1nc(SCC(=O)N[C@@H](C)c2ccc3c(c2)OCO3)n[nH]1. The molecule has 1 amide bonds. The van der Waals surface area contributed by atoms with Gasteiger partial charge in [0.2, 0.25) is 17.9 Å². The van der Waals surface area contributed by atoms with E-state index in [0.717, 1.165) is 17.1 Å². The van der Waals surface area contributed by atoms with Gasteiger partial charge in [0.25, 0.3) is 0 Å². The van der Waals surface area contributed by atoms with Crippen LogP contribution in [0.4, 0.5) is 0 Å². The number of ether oxygens (including phenoxy) is 2. The highest BCUT2D eigenvalue weighted by molar-refractivity contribution is 7.99. The maximum absolute atomic E-state index is 12.1. The van der Waals surface area contributed by atoms with Gasteiger partial charge in [0.1, 0.15) is 5.82 Å². The van der Waals surface area contributed by atoms with E-state index in [1.165, 1.54) is 11.8 Å². The number of fused-ring (bicyclic) bond motifs is 1. The minimum atomic E-state index is -0.119. The molecule has 2 heterocycles. The van der Waals surface area contributed by atoms with E-state index in [-0.39, 0.29) is 30.4 Å². The second-order valence-electron chi connectivity index (χ2n) is 5.85. The van der Waals surface area contributed by atoms with E-state index in [1.807, 2.05) is 39.0 Å². The predicted octanol–water partition coefficient (Wildman–Crippen LogP) is 2.63. The standard InChI is InChI=1S/C16H20N4O3S/c1-9(2)15-18-16(20-19-15)24-7-14(21)17-10(3)11-4-5-12-13(6-11)23-8-22-12/h4-6,9-10H,7-8H2,1-3H3,(H,17,21)(H,18,19,20)/t10-/m0/s1. The number of benzene rings is 1. The van der Waals surface area contributed by atoms with Crippen LogP contribution in [-0.4, -0.2) is 33.6 Å². The van der Waals surface area contributed by atoms with E-state index in [4.69, 9.17) is 9.47 Å². The molecule has 1 aromatic heterocycles. The lowest BCUT2D eigenvalue weighted by molar-refractivity contribution is -0.119. The van der Waals surface area contributed by atoms with Crippen molar-refractivity contribution >= 4 is 17.7 Å². The number of nitrogens with zero attached hydrogens (tertiary/aromatic N) is 2. The van der Waals surface area contributed by atoms with Crippen LogP contribution in [0.5, 0.6) is 11.5 Å². The van der Waals surface area contributed by atoms with Crippen molar-refractivity contribution in [2.75, 3.05) is 12.5 Å². The molecule has 128 valence electrons. The molecule has 24 heavy (non-hydrogen) atoms. The molecular weight excluding hydrogens is 328 g/mol. The summed E-state index contributed by atoms with van der Waals surface area (Å²) < 4.78 is 10.7. The van der Waals surface area contributed by atoms with Gasteiger partial charge in [-0.05, 0) is 24.6 Å². The Bertz CT molecular complexity index is 732. The largest absolute Gasteiger partial charge is 0.454 e. The minimum Gasteiger partial charge on any atom is -0.454 e. The van der Waals surface area contributed by atoms with Gasteiger partial charge in [0.15, 0.2) is 11.5 Å². The van der Waals surface area contributed by atoms with Gasteiger partial charge < -0.3 is 14.8 Å². The number of carbonyl (C=O) groups excluding carboxylic acids is 1. The first-order valence-corrected chi connectivity index (χ1v) is 8.75. The molecule has 0 saturated carbocycles. The van der Waals surface area contributed by atoms with Gasteiger partial charge in [-0.25, -0.2) is 4.98 Å². The van der Waals surface area contributed by atoms with Crippen LogP contribution in [-0.2, 0) is 4.79 Å². The van der Waals surface area contributed by atoms with Gasteiger partial charge in [-0.15, -0.1) is 5.10 Å². The zero-order valence-electron chi connectivity index (χ0n) is 13.8. The number of aromatic amines is 1. The van der Waals surface area contributed by atoms with E-state index >= 15 is 0 Å². The first kappa shape index (κ1) is 16.6. The highest BCUT2D eigenvalue weighted by Crippen LogP contribution is 2.34. The molecule has 0 radical (unpaired) electrons. The summed E-state index contributed by atoms with van der Waals surface area (Å²) in [5, 5.41) is 10.5. The average molecular weight is 348 g/mol. The van der Waals surface area contributed by atoms with E-state index in [1.54, 1.807) is 0 Å². The summed E-state index contributed by atoms with van der Waals surface area (Å²) >= 11 is 1.31. The Morgan fingerprint density at radius 2 is 2.12 bits per heavy atom. The van der Waals surface area contributed by atoms with E-state index in [0.29, 0.717) is 10.9 Å². The second-order valence-corrected chi connectivity index (χ2v) is 6.79. The lowest BCUT2D eigenvalue weighted by atomic mass is 10.1. The maximum Gasteiger partial charge on any atom is 0.231 e. The minimum absolute atomic E-state index is 0.0685. The number of amides is 1. The molecule has 0 saturated heterocycles. The summed E-state index contributed by atoms with van der Waals surface area (Å²) in [5.74, 6) is 2.76. The molecule has 1 aliphatic rings. The van der Waals surface area contributed by atoms with Crippen molar-refractivity contribution < 1.29 is 14.3 Å². The summed E-state index contributed by atoms with van der Waals surface area (Å²) in [6.45, 7) is 6.25. The number of carbonyl (C=O) groups is 1. The Kier molecular flexibility index (Phi) is 4.94. The highest BCUT2D eigenvalue weighted by Gasteiger charge is 2.17. The van der Waals surface area contributed by atoms with E-state index in [9.17, 15) is 4.79 Å². The quantitative estimate of drug-likeness (QED) is 0.780. The average Bonchev–Trinajstić information content (AvgIpc) is 3.21. The third-order valence-electron chi connectivity index (χ3n) is 3.64. The third-order valence-corrected chi connectivity index (χ3v) is 4.48. The van der Waals surface area contributed by atoms with Crippen LogP contribution in [0.25, 0.3) is 0 Å². The van der Waals surface area contributed by atoms with Crippen molar-refractivity contribution in [2.24, 2.45) is 0 Å². The third kappa shape index (κ3) is 3.81. The van der Waals surface area contributed by atoms with Gasteiger partial charge in [-0.3, -0.25) is 9.89 Å². The molecule has 0 unspecified atom stereocenters. The Hall–Kier alpha value is -2.22. The van der Waals surface area contributed by atoms with Crippen LogP contribution < -0.4 is 14.8 Å². The smallest absolute Gasteiger partial charge is 0.231 e. The molecule has 7 nitrogen and oxygen atoms in total. The van der Waals surface area contributed by atoms with E-state index < -0.39 is 0 Å². The van der Waals surface area contributed by atoms with Crippen LogP contribution in [0, 0.1) is 0 Å². The maximum atomic E-state index is 12.1. The normalized spacial score (nSPS) is 14.0. The zero-order valence-corrected chi connectivity index (χ0v) is 14.6. The molecule has 8 heteroatoms. The Balaban J connectivity index is 1.52. The monoisotopic (exact) mass is 348 g/mol. The van der Waals surface area contributed by atoms with Crippen molar-refractivity contribution in [2.45, 2.75) is 37.9 Å². The number of nitrogens with one attached hydrogen (secondary N) is 2. The van der Waals surface area contributed by atoms with Gasteiger partial charge in [-0.1, -0.05) is 31.7 Å². The summed E-state index contributed by atoms with van der Waals surface area (Å²) in [5.41, 5.74) is 0.970. The predicted molar refractivity (Wildman–Crippen MR) is 90.3 cm³/mol. The molecule has 0 bridgehead atoms. The Morgan fingerprint density at radius 3 is 2.88 bits per heavy atom. The van der Waals surface area contributed by atoms with Gasteiger partial charge in [0.05, 0.1) is 11.8 Å². The van der Waals surface area contributed by atoms with Crippen molar-refractivity contribution in [3.8, 4) is 11.5 Å². The molecule has 1 aliphatic heterocycles. The van der Waals surface area contributed by atoms with Crippen molar-refractivity contribution in [3.05, 3.63) is 29.6 Å². The molecule has 0 aliphatic carbocycles. The Labute approximate surface area is 144 Å². The lowest BCUT2D eigenvalue weighted by Crippen LogP contribution is -2.28. The second kappa shape index (κ2) is 7.12. The fraction of sp³-hybridized carbons (Fsp3) is 0.438. The summed E-state index contributed by atoms with van der Waals surface area (Å²) in [6, 6.07) is 5.56. The number of hydrogen-bond donors (Lipinski definition) is 2. The summed E-state index contributed by atoms with van der Waals surface area (Å²) in [7, 11) is 0. The van der Waals surface area contributed by atoms with Crippen LogP contribution >= 0.6 is 11.8 Å². The van der Waals surface area contributed by atoms with Crippen LogP contribution in [0.1, 0.15) is 44.1 Å². The van der Waals surface area contributed by atoms with Crippen LogP contribution in [0.3, 0.4) is 0 Å². The zero-order chi connectivity index (χ0) is 17.1. The van der Waals surface area contributed by atoms with Gasteiger partial charge in [-0.2, -0.15) is 0 Å². The van der Waals surface area contributed by atoms with Crippen molar-refractivity contribution in [1.29, 1.82) is 0 Å². The summed E-state index contributed by atoms with van der Waals surface area (Å²) in [4.78, 5) is 16.5. The number of rotatable bonds is 6. The van der Waals surface area contributed by atoms with E-state index in [2.05, 4.69) is 20.5 Å². The molecular formula is C16H20N4O3S. The number of H-pyrrole nitrogens is 1. The first-order valence-electron chi connectivity index (χ1n) is 7.77. The fourth-order valence-corrected chi connectivity index (χ4v) is 2.88. The molecule has 2 aromatic rings. The molecule has 1 atom stereocenters.